The minimum absolute atomic E-state index is 0.409. The molecule has 0 spiro atoms. The van der Waals surface area contributed by atoms with Gasteiger partial charge in [0.05, 0.1) is 17.8 Å². The van der Waals surface area contributed by atoms with E-state index in [-0.39, 0.29) is 0 Å². The summed E-state index contributed by atoms with van der Waals surface area (Å²) in [5, 5.41) is 3.88. The fraction of sp³-hybridized carbons (Fsp3) is 0.250. The minimum atomic E-state index is -4.48. The first-order valence-electron chi connectivity index (χ1n) is 7.33. The normalized spacial score (nSPS) is 13.0. The minimum Gasteiger partial charge on any atom is -0.363 e. The van der Waals surface area contributed by atoms with Gasteiger partial charge in [-0.1, -0.05) is 0 Å². The molecule has 130 valence electrons. The second-order valence-corrected chi connectivity index (χ2v) is 6.29. The van der Waals surface area contributed by atoms with Crippen molar-refractivity contribution in [1.82, 2.24) is 19.9 Å². The lowest BCUT2D eigenvalue weighted by atomic mass is 10.1. The van der Waals surface area contributed by atoms with Crippen molar-refractivity contribution < 1.29 is 13.2 Å². The highest BCUT2D eigenvalue weighted by molar-refractivity contribution is 9.10. The van der Waals surface area contributed by atoms with Crippen LogP contribution in [0.5, 0.6) is 0 Å². The summed E-state index contributed by atoms with van der Waals surface area (Å²) in [5.41, 5.74) is 0.185. The molecule has 3 rings (SSSR count). The number of fused-ring (bicyclic) bond motifs is 1. The molecule has 0 aliphatic rings. The fourth-order valence-corrected chi connectivity index (χ4v) is 2.72. The SMILES string of the molecule is Cc1nc(NC(C)c2ccnc(C(F)(F)F)c2)c2cc(Br)ncc2n1. The number of hydrogen-bond donors (Lipinski definition) is 1. The van der Waals surface area contributed by atoms with Gasteiger partial charge in [-0.05, 0) is 53.5 Å². The number of aryl methyl sites for hydroxylation is 1. The van der Waals surface area contributed by atoms with E-state index in [0.717, 1.165) is 17.6 Å². The van der Waals surface area contributed by atoms with Gasteiger partial charge in [0.2, 0.25) is 0 Å². The quantitative estimate of drug-likeness (QED) is 0.633. The summed E-state index contributed by atoms with van der Waals surface area (Å²) in [7, 11) is 0. The van der Waals surface area contributed by atoms with Crippen molar-refractivity contribution in [2.45, 2.75) is 26.1 Å². The Hall–Kier alpha value is -2.29. The molecule has 0 aliphatic heterocycles. The zero-order valence-electron chi connectivity index (χ0n) is 13.3. The maximum absolute atomic E-state index is 12.8. The van der Waals surface area contributed by atoms with Crippen molar-refractivity contribution in [1.29, 1.82) is 0 Å². The lowest BCUT2D eigenvalue weighted by Crippen LogP contribution is -2.13. The van der Waals surface area contributed by atoms with Crippen LogP contribution < -0.4 is 5.32 Å². The second-order valence-electron chi connectivity index (χ2n) is 5.48. The number of nitrogens with zero attached hydrogens (tertiary/aromatic N) is 4. The predicted octanol–water partition coefficient (Wildman–Crippen LogP) is 4.68. The van der Waals surface area contributed by atoms with Crippen molar-refractivity contribution in [3.05, 3.63) is 52.3 Å². The van der Waals surface area contributed by atoms with Gasteiger partial charge in [-0.15, -0.1) is 0 Å². The number of aromatic nitrogens is 4. The molecular weight excluding hydrogens is 399 g/mol. The molecule has 0 bridgehead atoms. The van der Waals surface area contributed by atoms with Gasteiger partial charge >= 0.3 is 6.18 Å². The Morgan fingerprint density at radius 3 is 2.64 bits per heavy atom. The molecule has 3 heterocycles. The topological polar surface area (TPSA) is 63.6 Å². The van der Waals surface area contributed by atoms with Crippen molar-refractivity contribution in [3.63, 3.8) is 0 Å². The Morgan fingerprint density at radius 2 is 1.92 bits per heavy atom. The number of rotatable bonds is 3. The van der Waals surface area contributed by atoms with Gasteiger partial charge < -0.3 is 5.32 Å². The highest BCUT2D eigenvalue weighted by Crippen LogP contribution is 2.30. The molecule has 3 aromatic heterocycles. The molecule has 0 saturated heterocycles. The molecule has 1 unspecified atom stereocenters. The standard InChI is InChI=1S/C16H13BrF3N5/c1-8(10-3-4-21-13(5-10)16(18,19)20)23-15-11-6-14(17)22-7-12(11)24-9(2)25-15/h3-8H,1-2H3,(H,23,24,25). The van der Waals surface area contributed by atoms with Crippen LogP contribution in [0.15, 0.2) is 35.2 Å². The number of hydrogen-bond acceptors (Lipinski definition) is 5. The Kier molecular flexibility index (Phi) is 4.59. The molecule has 0 radical (unpaired) electrons. The Balaban J connectivity index is 1.97. The fourth-order valence-electron chi connectivity index (χ4n) is 2.39. The summed E-state index contributed by atoms with van der Waals surface area (Å²) in [5.74, 6) is 1.07. The Morgan fingerprint density at radius 1 is 1.16 bits per heavy atom. The summed E-state index contributed by atoms with van der Waals surface area (Å²) in [6.07, 6.45) is -1.72. The molecule has 25 heavy (non-hydrogen) atoms. The number of pyridine rings is 2. The van der Waals surface area contributed by atoms with Crippen LogP contribution in [-0.2, 0) is 6.18 Å². The van der Waals surface area contributed by atoms with Crippen LogP contribution in [0.4, 0.5) is 19.0 Å². The van der Waals surface area contributed by atoms with E-state index in [2.05, 4.69) is 41.2 Å². The van der Waals surface area contributed by atoms with Gasteiger partial charge in [-0.25, -0.2) is 15.0 Å². The molecule has 0 saturated carbocycles. The van der Waals surface area contributed by atoms with Crippen LogP contribution in [0.2, 0.25) is 0 Å². The van der Waals surface area contributed by atoms with Crippen LogP contribution in [0.25, 0.3) is 10.9 Å². The first-order valence-corrected chi connectivity index (χ1v) is 8.13. The molecule has 1 N–H and O–H groups in total. The summed E-state index contributed by atoms with van der Waals surface area (Å²) in [6.45, 7) is 3.50. The number of halogens is 4. The first kappa shape index (κ1) is 17.5. The molecule has 3 aromatic rings. The van der Waals surface area contributed by atoms with Gasteiger partial charge in [-0.3, -0.25) is 4.98 Å². The zero-order valence-corrected chi connectivity index (χ0v) is 14.9. The molecule has 1 atom stereocenters. The second kappa shape index (κ2) is 6.55. The maximum Gasteiger partial charge on any atom is 0.433 e. The van der Waals surface area contributed by atoms with Crippen LogP contribution in [-0.4, -0.2) is 19.9 Å². The smallest absolute Gasteiger partial charge is 0.363 e. The molecule has 0 amide bonds. The van der Waals surface area contributed by atoms with Gasteiger partial charge in [0.15, 0.2) is 0 Å². The highest BCUT2D eigenvalue weighted by atomic mass is 79.9. The van der Waals surface area contributed by atoms with E-state index in [1.165, 1.54) is 0 Å². The summed E-state index contributed by atoms with van der Waals surface area (Å²) >= 11 is 3.30. The largest absolute Gasteiger partial charge is 0.433 e. The van der Waals surface area contributed by atoms with E-state index in [1.54, 1.807) is 32.2 Å². The molecular formula is C16H13BrF3N5. The van der Waals surface area contributed by atoms with Crippen LogP contribution >= 0.6 is 15.9 Å². The summed E-state index contributed by atoms with van der Waals surface area (Å²) < 4.78 is 39.2. The average molecular weight is 412 g/mol. The molecule has 9 heteroatoms. The van der Waals surface area contributed by atoms with Crippen LogP contribution in [0, 0.1) is 6.92 Å². The van der Waals surface area contributed by atoms with E-state index in [4.69, 9.17) is 0 Å². The predicted molar refractivity (Wildman–Crippen MR) is 91.0 cm³/mol. The van der Waals surface area contributed by atoms with Gasteiger partial charge in [0.25, 0.3) is 0 Å². The third kappa shape index (κ3) is 3.87. The van der Waals surface area contributed by atoms with Gasteiger partial charge in [0, 0.05) is 11.6 Å². The first-order chi connectivity index (χ1) is 11.7. The van der Waals surface area contributed by atoms with E-state index in [1.807, 2.05) is 0 Å². The van der Waals surface area contributed by atoms with Crippen LogP contribution in [0.1, 0.15) is 30.0 Å². The summed E-state index contributed by atoms with van der Waals surface area (Å²) in [6, 6.07) is 3.93. The monoisotopic (exact) mass is 411 g/mol. The van der Waals surface area contributed by atoms with Crippen molar-refractivity contribution in [3.8, 4) is 0 Å². The Bertz CT molecular complexity index is 929. The molecule has 5 nitrogen and oxygen atoms in total. The van der Waals surface area contributed by atoms with Crippen molar-refractivity contribution in [2.24, 2.45) is 0 Å². The number of alkyl halides is 3. The van der Waals surface area contributed by atoms with E-state index >= 15 is 0 Å². The molecule has 0 aromatic carbocycles. The van der Waals surface area contributed by atoms with Crippen molar-refractivity contribution in [2.75, 3.05) is 5.32 Å². The molecule has 0 fully saturated rings. The van der Waals surface area contributed by atoms with Crippen LogP contribution in [0.3, 0.4) is 0 Å². The Labute approximate surface area is 149 Å². The maximum atomic E-state index is 12.8. The average Bonchev–Trinajstić information content (AvgIpc) is 2.55. The number of anilines is 1. The van der Waals surface area contributed by atoms with Crippen molar-refractivity contribution >= 4 is 32.7 Å². The lowest BCUT2D eigenvalue weighted by molar-refractivity contribution is -0.141. The lowest BCUT2D eigenvalue weighted by Gasteiger charge is -2.17. The van der Waals surface area contributed by atoms with Gasteiger partial charge in [-0.2, -0.15) is 13.2 Å². The third-order valence-electron chi connectivity index (χ3n) is 3.59. The summed E-state index contributed by atoms with van der Waals surface area (Å²) in [4.78, 5) is 16.2. The van der Waals surface area contributed by atoms with E-state index in [9.17, 15) is 13.2 Å². The van der Waals surface area contributed by atoms with E-state index in [0.29, 0.717) is 27.3 Å². The highest BCUT2D eigenvalue weighted by Gasteiger charge is 2.32. The van der Waals surface area contributed by atoms with E-state index < -0.39 is 17.9 Å². The third-order valence-corrected chi connectivity index (χ3v) is 4.02. The number of nitrogens with one attached hydrogen (secondary N) is 1. The van der Waals surface area contributed by atoms with Gasteiger partial charge in [0.1, 0.15) is 21.9 Å². The zero-order chi connectivity index (χ0) is 18.2. The molecule has 0 aliphatic carbocycles.